The maximum absolute atomic E-state index is 12.7. The molecule has 2 aliphatic heterocycles. The molecule has 0 radical (unpaired) electrons. The fourth-order valence-electron chi connectivity index (χ4n) is 3.80. The second kappa shape index (κ2) is 8.71. The topological polar surface area (TPSA) is 83.0 Å². The van der Waals surface area contributed by atoms with Crippen molar-refractivity contribution < 1.29 is 9.53 Å². The Bertz CT molecular complexity index is 1350. The summed E-state index contributed by atoms with van der Waals surface area (Å²) < 4.78 is 8.02. The summed E-state index contributed by atoms with van der Waals surface area (Å²) in [6, 6.07) is 16.0. The van der Waals surface area contributed by atoms with Gasteiger partial charge in [-0.05, 0) is 49.4 Å². The minimum Gasteiger partial charge on any atom is -0.492 e. The van der Waals surface area contributed by atoms with Crippen LogP contribution in [0.2, 0.25) is 0 Å². The molecular weight excluding hydrogens is 434 g/mol. The minimum absolute atomic E-state index is 0.0560. The molecule has 0 fully saturated rings. The zero-order chi connectivity index (χ0) is 22.9. The number of hydrogen-bond acceptors (Lipinski definition) is 5. The van der Waals surface area contributed by atoms with Gasteiger partial charge in [0.2, 0.25) is 5.17 Å². The smallest absolute Gasteiger partial charge is 0.283 e. The molecule has 2 aromatic carbocycles. The Morgan fingerprint density at radius 2 is 1.94 bits per heavy atom. The molecule has 0 unspecified atom stereocenters. The fraction of sp³-hybridized carbons (Fsp3) is 0.200. The van der Waals surface area contributed by atoms with Crippen LogP contribution in [-0.4, -0.2) is 38.1 Å². The second-order valence-electron chi connectivity index (χ2n) is 7.82. The number of aliphatic imine (C=N–C) groups is 1. The van der Waals surface area contributed by atoms with E-state index in [2.05, 4.69) is 14.7 Å². The van der Waals surface area contributed by atoms with Crippen LogP contribution in [0.3, 0.4) is 0 Å². The summed E-state index contributed by atoms with van der Waals surface area (Å²) in [6.07, 6.45) is 4.48. The van der Waals surface area contributed by atoms with E-state index >= 15 is 0 Å². The van der Waals surface area contributed by atoms with Crippen molar-refractivity contribution in [3.8, 4) is 5.75 Å². The summed E-state index contributed by atoms with van der Waals surface area (Å²) in [4.78, 5) is 16.9. The number of nitrogens with zero attached hydrogens (tertiary/aromatic N) is 4. The number of amidine groups is 2. The maximum atomic E-state index is 12.7. The number of carbonyl (C=O) groups excluding carboxylic acids is 1. The SMILES string of the molecule is CCC1=NN2C(=N)/C(=C\c3cn(CCOc4ccc(C)cc4)c4ccccc34)C(=O)N=C2S1. The Hall–Kier alpha value is -3.65. The average molecular weight is 458 g/mol. The molecule has 0 saturated carbocycles. The van der Waals surface area contributed by atoms with Crippen LogP contribution in [0.15, 0.2) is 70.4 Å². The van der Waals surface area contributed by atoms with Crippen molar-refractivity contribution in [3.63, 3.8) is 0 Å². The molecule has 33 heavy (non-hydrogen) atoms. The van der Waals surface area contributed by atoms with Gasteiger partial charge < -0.3 is 9.30 Å². The largest absolute Gasteiger partial charge is 0.492 e. The number of nitrogens with one attached hydrogen (secondary N) is 1. The zero-order valence-corrected chi connectivity index (χ0v) is 19.2. The molecule has 0 aliphatic carbocycles. The first kappa shape index (κ1) is 21.2. The summed E-state index contributed by atoms with van der Waals surface area (Å²) in [7, 11) is 0. The number of carbonyl (C=O) groups is 1. The highest BCUT2D eigenvalue weighted by molar-refractivity contribution is 8.26. The van der Waals surface area contributed by atoms with Gasteiger partial charge in [-0.3, -0.25) is 10.2 Å². The summed E-state index contributed by atoms with van der Waals surface area (Å²) in [6.45, 7) is 5.20. The van der Waals surface area contributed by atoms with Gasteiger partial charge in [-0.1, -0.05) is 42.8 Å². The van der Waals surface area contributed by atoms with Crippen LogP contribution in [0, 0.1) is 12.3 Å². The van der Waals surface area contributed by atoms with Gasteiger partial charge in [0, 0.05) is 22.7 Å². The Kier molecular flexibility index (Phi) is 5.60. The molecule has 1 aromatic heterocycles. The van der Waals surface area contributed by atoms with E-state index in [1.807, 2.05) is 68.6 Å². The zero-order valence-electron chi connectivity index (χ0n) is 18.4. The van der Waals surface area contributed by atoms with Gasteiger partial charge in [-0.25, -0.2) is 0 Å². The van der Waals surface area contributed by atoms with E-state index in [0.29, 0.717) is 18.3 Å². The van der Waals surface area contributed by atoms with Crippen LogP contribution >= 0.6 is 11.8 Å². The molecule has 2 aliphatic rings. The van der Waals surface area contributed by atoms with Crippen molar-refractivity contribution in [1.82, 2.24) is 9.58 Å². The van der Waals surface area contributed by atoms with E-state index in [1.165, 1.54) is 22.3 Å². The van der Waals surface area contributed by atoms with E-state index in [9.17, 15) is 4.79 Å². The number of hydrazone groups is 1. The molecule has 0 atom stereocenters. The van der Waals surface area contributed by atoms with Crippen LogP contribution < -0.4 is 4.74 Å². The Labute approximate surface area is 196 Å². The van der Waals surface area contributed by atoms with Gasteiger partial charge in [0.1, 0.15) is 17.4 Å². The first-order valence-corrected chi connectivity index (χ1v) is 11.6. The third kappa shape index (κ3) is 4.09. The number of amides is 1. The molecule has 8 heteroatoms. The lowest BCUT2D eigenvalue weighted by molar-refractivity contribution is -0.114. The van der Waals surface area contributed by atoms with Gasteiger partial charge in [-0.15, -0.1) is 0 Å². The summed E-state index contributed by atoms with van der Waals surface area (Å²) in [5, 5.41) is 16.7. The second-order valence-corrected chi connectivity index (χ2v) is 8.86. The first-order valence-electron chi connectivity index (χ1n) is 10.8. The Balaban J connectivity index is 1.42. The Morgan fingerprint density at radius 1 is 1.15 bits per heavy atom. The minimum atomic E-state index is -0.411. The average Bonchev–Trinajstić information content (AvgIpc) is 3.39. The number of rotatable bonds is 6. The molecular formula is C25H23N5O2S. The summed E-state index contributed by atoms with van der Waals surface area (Å²) in [5.74, 6) is 0.483. The van der Waals surface area contributed by atoms with Crippen LogP contribution in [0.5, 0.6) is 5.75 Å². The van der Waals surface area contributed by atoms with Crippen molar-refractivity contribution in [2.45, 2.75) is 26.8 Å². The predicted molar refractivity (Wildman–Crippen MR) is 134 cm³/mol. The fourth-order valence-corrected chi connectivity index (χ4v) is 4.63. The van der Waals surface area contributed by atoms with Gasteiger partial charge in [-0.2, -0.15) is 15.1 Å². The molecule has 0 spiro atoms. The van der Waals surface area contributed by atoms with Crippen LogP contribution in [-0.2, 0) is 11.3 Å². The number of thioether (sulfide) groups is 1. The highest BCUT2D eigenvalue weighted by Gasteiger charge is 2.35. The van der Waals surface area contributed by atoms with E-state index in [0.717, 1.165) is 33.7 Å². The normalized spacial score (nSPS) is 16.9. The molecule has 3 heterocycles. The van der Waals surface area contributed by atoms with E-state index < -0.39 is 5.91 Å². The molecule has 0 bridgehead atoms. The van der Waals surface area contributed by atoms with Crippen LogP contribution in [0.1, 0.15) is 24.5 Å². The van der Waals surface area contributed by atoms with Crippen molar-refractivity contribution >= 4 is 50.7 Å². The molecule has 3 aromatic rings. The highest BCUT2D eigenvalue weighted by Crippen LogP contribution is 2.30. The van der Waals surface area contributed by atoms with Gasteiger partial charge in [0.05, 0.1) is 12.1 Å². The first-order chi connectivity index (χ1) is 16.0. The number of hydrogen-bond donors (Lipinski definition) is 1. The summed E-state index contributed by atoms with van der Waals surface area (Å²) in [5.41, 5.74) is 3.33. The number of fused-ring (bicyclic) bond motifs is 2. The lowest BCUT2D eigenvalue weighted by Gasteiger charge is -2.20. The lowest BCUT2D eigenvalue weighted by atomic mass is 10.1. The maximum Gasteiger partial charge on any atom is 0.283 e. The number of ether oxygens (including phenoxy) is 1. The highest BCUT2D eigenvalue weighted by atomic mass is 32.2. The molecule has 166 valence electrons. The molecule has 0 saturated heterocycles. The number of benzene rings is 2. The van der Waals surface area contributed by atoms with Crippen molar-refractivity contribution in [2.24, 2.45) is 10.1 Å². The van der Waals surface area contributed by atoms with Crippen molar-refractivity contribution in [1.29, 1.82) is 5.41 Å². The van der Waals surface area contributed by atoms with Crippen molar-refractivity contribution in [3.05, 3.63) is 71.4 Å². The third-order valence-electron chi connectivity index (χ3n) is 5.54. The molecule has 5 rings (SSSR count). The van der Waals surface area contributed by atoms with E-state index in [4.69, 9.17) is 10.1 Å². The number of aromatic nitrogens is 1. The molecule has 1 N–H and O–H groups in total. The monoisotopic (exact) mass is 457 g/mol. The van der Waals surface area contributed by atoms with E-state index in [1.54, 1.807) is 6.08 Å². The van der Waals surface area contributed by atoms with Crippen LogP contribution in [0.4, 0.5) is 0 Å². The number of para-hydroxylation sites is 1. The predicted octanol–water partition coefficient (Wildman–Crippen LogP) is 5.06. The summed E-state index contributed by atoms with van der Waals surface area (Å²) >= 11 is 1.34. The molecule has 1 amide bonds. The van der Waals surface area contributed by atoms with Crippen LogP contribution in [0.25, 0.3) is 17.0 Å². The van der Waals surface area contributed by atoms with Gasteiger partial charge in [0.25, 0.3) is 5.91 Å². The third-order valence-corrected chi connectivity index (χ3v) is 6.59. The van der Waals surface area contributed by atoms with Gasteiger partial charge >= 0.3 is 0 Å². The number of aryl methyl sites for hydroxylation is 1. The molecule has 7 nitrogen and oxygen atoms in total. The lowest BCUT2D eigenvalue weighted by Crippen LogP contribution is -2.35. The standard InChI is InChI=1S/C25H23N5O2S/c1-3-22-28-30-23(26)20(24(31)27-25(30)33-22)14-17-15-29(21-7-5-4-6-19(17)21)12-13-32-18-10-8-16(2)9-11-18/h4-11,14-15,26H,3,12-13H2,1-2H3/b20-14+,26-23?. The van der Waals surface area contributed by atoms with Gasteiger partial charge in [0.15, 0.2) is 5.84 Å². The van der Waals surface area contributed by atoms with Crippen molar-refractivity contribution in [2.75, 3.05) is 6.61 Å². The van der Waals surface area contributed by atoms with E-state index in [-0.39, 0.29) is 11.4 Å². The quantitative estimate of drug-likeness (QED) is 0.525. The Morgan fingerprint density at radius 3 is 2.73 bits per heavy atom.